The lowest BCUT2D eigenvalue weighted by Crippen LogP contribution is -2.27. The lowest BCUT2D eigenvalue weighted by atomic mass is 10.1. The van der Waals surface area contributed by atoms with E-state index in [1.165, 1.54) is 0 Å². The molecule has 18 heavy (non-hydrogen) atoms. The Morgan fingerprint density at radius 1 is 1.33 bits per heavy atom. The second-order valence-electron chi connectivity index (χ2n) is 5.04. The Kier molecular flexibility index (Phi) is 4.07. The van der Waals surface area contributed by atoms with Crippen molar-refractivity contribution in [1.82, 2.24) is 5.32 Å². The molecule has 1 aromatic carbocycles. The maximum absolute atomic E-state index is 11.5. The molecule has 98 valence electrons. The molecule has 1 fully saturated rings. The number of hydrogen-bond acceptors (Lipinski definition) is 2. The lowest BCUT2D eigenvalue weighted by molar-refractivity contribution is 0.252. The molecule has 1 aromatic rings. The predicted molar refractivity (Wildman–Crippen MR) is 75.1 cm³/mol. The average Bonchev–Trinajstić information content (AvgIpc) is 2.76. The van der Waals surface area contributed by atoms with Gasteiger partial charge in [-0.2, -0.15) is 0 Å². The van der Waals surface area contributed by atoms with Gasteiger partial charge in [0.05, 0.1) is 0 Å². The molecule has 1 saturated heterocycles. The molecule has 0 radical (unpaired) electrons. The average molecular weight is 247 g/mol. The zero-order valence-corrected chi connectivity index (χ0v) is 11.1. The Labute approximate surface area is 108 Å². The minimum Gasteiger partial charge on any atom is -0.385 e. The van der Waals surface area contributed by atoms with Gasteiger partial charge < -0.3 is 10.6 Å². The van der Waals surface area contributed by atoms with E-state index in [0.29, 0.717) is 5.92 Å². The van der Waals surface area contributed by atoms with Gasteiger partial charge in [-0.15, -0.1) is 0 Å². The van der Waals surface area contributed by atoms with Gasteiger partial charge in [-0.25, -0.2) is 4.79 Å². The van der Waals surface area contributed by atoms with Crippen LogP contribution in [0.2, 0.25) is 0 Å². The van der Waals surface area contributed by atoms with Crippen LogP contribution in [-0.2, 0) is 0 Å². The molecule has 0 spiro atoms. The van der Waals surface area contributed by atoms with Crippen LogP contribution in [0, 0.1) is 5.92 Å². The molecule has 1 heterocycles. The molecule has 2 rings (SSSR count). The van der Waals surface area contributed by atoms with Gasteiger partial charge in [0, 0.05) is 31.0 Å². The number of rotatable bonds is 5. The van der Waals surface area contributed by atoms with Gasteiger partial charge in [-0.3, -0.25) is 4.90 Å². The van der Waals surface area contributed by atoms with Crippen LogP contribution in [0.5, 0.6) is 0 Å². The largest absolute Gasteiger partial charge is 0.385 e. The van der Waals surface area contributed by atoms with Crippen molar-refractivity contribution in [1.29, 1.82) is 0 Å². The Bertz CT molecular complexity index is 400. The predicted octanol–water partition coefficient (Wildman–Crippen LogP) is 2.67. The van der Waals surface area contributed by atoms with E-state index in [1.807, 2.05) is 24.3 Å². The van der Waals surface area contributed by atoms with E-state index >= 15 is 0 Å². The Balaban J connectivity index is 1.91. The molecule has 4 heteroatoms. The Hall–Kier alpha value is -1.71. The molecular formula is C14H21N3O. The summed E-state index contributed by atoms with van der Waals surface area (Å²) in [6.45, 7) is 6.90. The van der Waals surface area contributed by atoms with Crippen LogP contribution in [0.1, 0.15) is 20.3 Å². The standard InChI is InChI=1S/C14H21N3O/c1-11(2)7-8-15-12-3-5-13(6-4-12)17-10-9-16-14(17)18/h3-6,11,15H,7-10H2,1-2H3,(H,16,18). The van der Waals surface area contributed by atoms with Gasteiger partial charge >= 0.3 is 6.03 Å². The summed E-state index contributed by atoms with van der Waals surface area (Å²) in [4.78, 5) is 13.3. The number of carbonyl (C=O) groups is 1. The van der Waals surface area contributed by atoms with Gasteiger partial charge in [0.25, 0.3) is 0 Å². The van der Waals surface area contributed by atoms with E-state index in [0.717, 1.165) is 37.4 Å². The third-order valence-corrected chi connectivity index (χ3v) is 3.09. The molecule has 0 atom stereocenters. The number of nitrogens with zero attached hydrogens (tertiary/aromatic N) is 1. The zero-order valence-electron chi connectivity index (χ0n) is 11.1. The minimum absolute atomic E-state index is 0.00415. The topological polar surface area (TPSA) is 44.4 Å². The molecule has 0 aliphatic carbocycles. The van der Waals surface area contributed by atoms with Crippen LogP contribution in [0.25, 0.3) is 0 Å². The monoisotopic (exact) mass is 247 g/mol. The summed E-state index contributed by atoms with van der Waals surface area (Å²) in [7, 11) is 0. The lowest BCUT2D eigenvalue weighted by Gasteiger charge is -2.15. The van der Waals surface area contributed by atoms with Gasteiger partial charge in [-0.1, -0.05) is 13.8 Å². The van der Waals surface area contributed by atoms with E-state index in [4.69, 9.17) is 0 Å². The second-order valence-corrected chi connectivity index (χ2v) is 5.04. The molecule has 1 aliphatic rings. The molecule has 2 amide bonds. The smallest absolute Gasteiger partial charge is 0.321 e. The van der Waals surface area contributed by atoms with E-state index in [1.54, 1.807) is 4.90 Å². The fourth-order valence-corrected chi connectivity index (χ4v) is 1.98. The molecule has 0 saturated carbocycles. The summed E-state index contributed by atoms with van der Waals surface area (Å²) in [6.07, 6.45) is 1.16. The van der Waals surface area contributed by atoms with Crippen LogP contribution in [0.4, 0.5) is 16.2 Å². The second kappa shape index (κ2) is 5.76. The van der Waals surface area contributed by atoms with Crippen LogP contribution < -0.4 is 15.5 Å². The SMILES string of the molecule is CC(C)CCNc1ccc(N2CCNC2=O)cc1. The van der Waals surface area contributed by atoms with E-state index in [9.17, 15) is 4.79 Å². The zero-order chi connectivity index (χ0) is 13.0. The van der Waals surface area contributed by atoms with Crippen molar-refractivity contribution < 1.29 is 4.79 Å². The summed E-state index contributed by atoms with van der Waals surface area (Å²) >= 11 is 0. The highest BCUT2D eigenvalue weighted by Gasteiger charge is 2.20. The summed E-state index contributed by atoms with van der Waals surface area (Å²) in [5.74, 6) is 0.713. The number of nitrogens with one attached hydrogen (secondary N) is 2. The first-order chi connectivity index (χ1) is 8.66. The Morgan fingerprint density at radius 2 is 2.06 bits per heavy atom. The van der Waals surface area contributed by atoms with Gasteiger partial charge in [-0.05, 0) is 36.6 Å². The fraction of sp³-hybridized carbons (Fsp3) is 0.500. The first-order valence-electron chi connectivity index (χ1n) is 6.56. The third-order valence-electron chi connectivity index (χ3n) is 3.09. The highest BCUT2D eigenvalue weighted by molar-refractivity contribution is 5.94. The summed E-state index contributed by atoms with van der Waals surface area (Å²) in [6, 6.07) is 8.03. The van der Waals surface area contributed by atoms with Crippen LogP contribution in [-0.4, -0.2) is 25.7 Å². The number of amides is 2. The Morgan fingerprint density at radius 3 is 2.61 bits per heavy atom. The molecule has 1 aliphatic heterocycles. The van der Waals surface area contributed by atoms with Crippen LogP contribution in [0.3, 0.4) is 0 Å². The third kappa shape index (κ3) is 3.15. The molecule has 4 nitrogen and oxygen atoms in total. The highest BCUT2D eigenvalue weighted by Crippen LogP contribution is 2.19. The molecule has 0 unspecified atom stereocenters. The number of anilines is 2. The first-order valence-corrected chi connectivity index (χ1v) is 6.56. The molecular weight excluding hydrogens is 226 g/mol. The quantitative estimate of drug-likeness (QED) is 0.840. The number of urea groups is 1. The number of benzene rings is 1. The minimum atomic E-state index is -0.00415. The van der Waals surface area contributed by atoms with Crippen molar-refractivity contribution in [3.8, 4) is 0 Å². The van der Waals surface area contributed by atoms with Gasteiger partial charge in [0.1, 0.15) is 0 Å². The molecule has 0 bridgehead atoms. The van der Waals surface area contributed by atoms with Gasteiger partial charge in [0.2, 0.25) is 0 Å². The summed E-state index contributed by atoms with van der Waals surface area (Å²) in [5.41, 5.74) is 2.07. The van der Waals surface area contributed by atoms with Gasteiger partial charge in [0.15, 0.2) is 0 Å². The number of carbonyl (C=O) groups excluding carboxylic acids is 1. The van der Waals surface area contributed by atoms with Crippen molar-refractivity contribution >= 4 is 17.4 Å². The van der Waals surface area contributed by atoms with Crippen LogP contribution in [0.15, 0.2) is 24.3 Å². The van der Waals surface area contributed by atoms with E-state index < -0.39 is 0 Å². The first kappa shape index (κ1) is 12.7. The fourth-order valence-electron chi connectivity index (χ4n) is 1.98. The van der Waals surface area contributed by atoms with Crippen molar-refractivity contribution in [3.63, 3.8) is 0 Å². The van der Waals surface area contributed by atoms with Crippen molar-refractivity contribution in [2.75, 3.05) is 29.9 Å². The molecule has 2 N–H and O–H groups in total. The van der Waals surface area contributed by atoms with E-state index in [2.05, 4.69) is 24.5 Å². The summed E-state index contributed by atoms with van der Waals surface area (Å²) in [5, 5.41) is 6.19. The van der Waals surface area contributed by atoms with Crippen molar-refractivity contribution in [2.45, 2.75) is 20.3 Å². The number of hydrogen-bond donors (Lipinski definition) is 2. The maximum Gasteiger partial charge on any atom is 0.321 e. The van der Waals surface area contributed by atoms with Crippen LogP contribution >= 0.6 is 0 Å². The maximum atomic E-state index is 11.5. The van der Waals surface area contributed by atoms with Crippen molar-refractivity contribution in [2.24, 2.45) is 5.92 Å². The van der Waals surface area contributed by atoms with E-state index in [-0.39, 0.29) is 6.03 Å². The van der Waals surface area contributed by atoms with Crippen molar-refractivity contribution in [3.05, 3.63) is 24.3 Å². The molecule has 0 aromatic heterocycles. The summed E-state index contributed by atoms with van der Waals surface area (Å²) < 4.78 is 0. The highest BCUT2D eigenvalue weighted by atomic mass is 16.2. The normalized spacial score (nSPS) is 15.1.